The van der Waals surface area contributed by atoms with Crippen LogP contribution in [0.15, 0.2) is 0 Å². The summed E-state index contributed by atoms with van der Waals surface area (Å²) in [6.45, 7) is 3.72. The summed E-state index contributed by atoms with van der Waals surface area (Å²) in [6.07, 6.45) is 0.162. The van der Waals surface area contributed by atoms with E-state index in [9.17, 15) is 0 Å². The minimum Gasteiger partial charge on any atom is -0.469 e. The molecule has 0 spiro atoms. The van der Waals surface area contributed by atoms with Crippen LogP contribution < -0.4 is 10.5 Å². The van der Waals surface area contributed by atoms with E-state index in [1.165, 1.54) is 0 Å². The van der Waals surface area contributed by atoms with Crippen LogP contribution in [0.1, 0.15) is 11.3 Å². The molecule has 1 saturated heterocycles. The van der Waals surface area contributed by atoms with Gasteiger partial charge in [0.1, 0.15) is 6.10 Å². The van der Waals surface area contributed by atoms with Gasteiger partial charge in [0.25, 0.3) is 0 Å². The molecule has 0 saturated carbocycles. The Kier molecular flexibility index (Phi) is 2.43. The molecule has 1 aliphatic rings. The fourth-order valence-corrected chi connectivity index (χ4v) is 1.50. The molecule has 1 aromatic rings. The van der Waals surface area contributed by atoms with Gasteiger partial charge in [-0.2, -0.15) is 5.10 Å². The van der Waals surface area contributed by atoms with Crippen LogP contribution in [0.2, 0.25) is 0 Å². The van der Waals surface area contributed by atoms with E-state index < -0.39 is 0 Å². The quantitative estimate of drug-likeness (QED) is 0.738. The van der Waals surface area contributed by atoms with Gasteiger partial charge in [-0.05, 0) is 6.92 Å². The highest BCUT2D eigenvalue weighted by Crippen LogP contribution is 2.23. The van der Waals surface area contributed by atoms with Crippen molar-refractivity contribution in [3.63, 3.8) is 0 Å². The molecule has 1 aromatic heterocycles. The number of hydrogen-bond donors (Lipinski definition) is 1. The van der Waals surface area contributed by atoms with Gasteiger partial charge in [0, 0.05) is 13.6 Å². The average molecular weight is 197 g/mol. The molecule has 2 rings (SSSR count). The van der Waals surface area contributed by atoms with Gasteiger partial charge in [0.05, 0.1) is 24.5 Å². The molecule has 2 heterocycles. The number of nitrogens with two attached hydrogens (primary N) is 1. The molecule has 2 N–H and O–H groups in total. The van der Waals surface area contributed by atoms with Crippen molar-refractivity contribution in [2.45, 2.75) is 19.6 Å². The SMILES string of the molecule is Cc1nn(C)c(OC2COC2)c1CN. The van der Waals surface area contributed by atoms with Crippen LogP contribution in [0, 0.1) is 6.92 Å². The van der Waals surface area contributed by atoms with Crippen molar-refractivity contribution in [3.05, 3.63) is 11.3 Å². The molecule has 0 atom stereocenters. The van der Waals surface area contributed by atoms with Gasteiger partial charge in [-0.25, -0.2) is 4.68 Å². The molecular weight excluding hydrogens is 182 g/mol. The van der Waals surface area contributed by atoms with Gasteiger partial charge in [-0.1, -0.05) is 0 Å². The van der Waals surface area contributed by atoms with Crippen LogP contribution in [0.3, 0.4) is 0 Å². The summed E-state index contributed by atoms with van der Waals surface area (Å²) < 4.78 is 12.5. The number of nitrogens with zero attached hydrogens (tertiary/aromatic N) is 2. The molecule has 5 nitrogen and oxygen atoms in total. The van der Waals surface area contributed by atoms with E-state index in [4.69, 9.17) is 15.2 Å². The van der Waals surface area contributed by atoms with E-state index in [-0.39, 0.29) is 6.10 Å². The summed E-state index contributed by atoms with van der Waals surface area (Å²) in [6, 6.07) is 0. The highest BCUT2D eigenvalue weighted by Gasteiger charge is 2.23. The summed E-state index contributed by atoms with van der Waals surface area (Å²) in [7, 11) is 1.86. The maximum absolute atomic E-state index is 5.72. The monoisotopic (exact) mass is 197 g/mol. The van der Waals surface area contributed by atoms with Crippen LogP contribution in [0.25, 0.3) is 0 Å². The Bertz CT molecular complexity index is 331. The zero-order valence-electron chi connectivity index (χ0n) is 8.49. The third kappa shape index (κ3) is 1.49. The first-order valence-electron chi connectivity index (χ1n) is 4.69. The lowest BCUT2D eigenvalue weighted by Gasteiger charge is -2.26. The molecule has 0 aliphatic carbocycles. The normalized spacial score (nSPS) is 16.8. The van der Waals surface area contributed by atoms with Crippen molar-refractivity contribution in [2.24, 2.45) is 12.8 Å². The summed E-state index contributed by atoms with van der Waals surface area (Å²) in [5.41, 5.74) is 7.56. The van der Waals surface area contributed by atoms with Gasteiger partial charge < -0.3 is 15.2 Å². The lowest BCUT2D eigenvalue weighted by atomic mass is 10.2. The van der Waals surface area contributed by atoms with E-state index in [1.54, 1.807) is 4.68 Å². The molecule has 78 valence electrons. The Hall–Kier alpha value is -1.07. The highest BCUT2D eigenvalue weighted by molar-refractivity contribution is 5.30. The van der Waals surface area contributed by atoms with E-state index >= 15 is 0 Å². The first-order chi connectivity index (χ1) is 6.72. The van der Waals surface area contributed by atoms with Gasteiger partial charge in [0.2, 0.25) is 5.88 Å². The Labute approximate surface area is 82.8 Å². The second-order valence-electron chi connectivity index (χ2n) is 3.47. The predicted octanol–water partition coefficient (Wildman–Crippen LogP) is -0.0352. The fraction of sp³-hybridized carbons (Fsp3) is 0.667. The molecule has 0 amide bonds. The molecule has 5 heteroatoms. The third-order valence-corrected chi connectivity index (χ3v) is 2.38. The predicted molar refractivity (Wildman–Crippen MR) is 51.1 cm³/mol. The maximum atomic E-state index is 5.72. The fourth-order valence-electron chi connectivity index (χ4n) is 1.50. The minimum absolute atomic E-state index is 0.162. The topological polar surface area (TPSA) is 62.3 Å². The highest BCUT2D eigenvalue weighted by atomic mass is 16.6. The average Bonchev–Trinajstić information content (AvgIpc) is 2.33. The van der Waals surface area contributed by atoms with Crippen molar-refractivity contribution in [1.82, 2.24) is 9.78 Å². The number of aryl methyl sites for hydroxylation is 2. The molecule has 14 heavy (non-hydrogen) atoms. The first kappa shape index (κ1) is 9.48. The summed E-state index contributed by atoms with van der Waals surface area (Å²) in [4.78, 5) is 0. The van der Waals surface area contributed by atoms with Crippen LogP contribution >= 0.6 is 0 Å². The van der Waals surface area contributed by atoms with Gasteiger partial charge in [-0.3, -0.25) is 0 Å². The molecule has 0 radical (unpaired) electrons. The van der Waals surface area contributed by atoms with E-state index in [1.807, 2.05) is 14.0 Å². The van der Waals surface area contributed by atoms with E-state index in [2.05, 4.69) is 5.10 Å². The van der Waals surface area contributed by atoms with E-state index in [0.29, 0.717) is 19.8 Å². The minimum atomic E-state index is 0.162. The standard InChI is InChI=1S/C9H15N3O2/c1-6-8(3-10)9(12(2)11-6)14-7-4-13-5-7/h7H,3-5,10H2,1-2H3. The van der Waals surface area contributed by atoms with Crippen molar-refractivity contribution < 1.29 is 9.47 Å². The van der Waals surface area contributed by atoms with Crippen molar-refractivity contribution in [3.8, 4) is 5.88 Å². The largest absolute Gasteiger partial charge is 0.469 e. The van der Waals surface area contributed by atoms with Crippen LogP contribution in [-0.2, 0) is 18.3 Å². The second kappa shape index (κ2) is 3.59. The third-order valence-electron chi connectivity index (χ3n) is 2.38. The first-order valence-corrected chi connectivity index (χ1v) is 4.69. The number of aromatic nitrogens is 2. The van der Waals surface area contributed by atoms with E-state index in [0.717, 1.165) is 17.1 Å². The van der Waals surface area contributed by atoms with Crippen LogP contribution in [0.4, 0.5) is 0 Å². The maximum Gasteiger partial charge on any atom is 0.216 e. The Morgan fingerprint density at radius 3 is 2.86 bits per heavy atom. The lowest BCUT2D eigenvalue weighted by Crippen LogP contribution is -2.39. The Morgan fingerprint density at radius 1 is 1.64 bits per heavy atom. The molecule has 1 fully saturated rings. The molecule has 1 aliphatic heterocycles. The zero-order valence-corrected chi connectivity index (χ0v) is 8.49. The number of hydrogen-bond acceptors (Lipinski definition) is 4. The van der Waals surface area contributed by atoms with Crippen LogP contribution in [-0.4, -0.2) is 29.1 Å². The number of ether oxygens (including phenoxy) is 2. The molecule has 0 unspecified atom stereocenters. The Morgan fingerprint density at radius 2 is 2.36 bits per heavy atom. The van der Waals surface area contributed by atoms with Gasteiger partial charge in [-0.15, -0.1) is 0 Å². The lowest BCUT2D eigenvalue weighted by molar-refractivity contribution is -0.0829. The van der Waals surface area contributed by atoms with Crippen molar-refractivity contribution in [1.29, 1.82) is 0 Å². The summed E-state index contributed by atoms with van der Waals surface area (Å²) >= 11 is 0. The second-order valence-corrected chi connectivity index (χ2v) is 3.47. The van der Waals surface area contributed by atoms with Crippen molar-refractivity contribution in [2.75, 3.05) is 13.2 Å². The summed E-state index contributed by atoms with van der Waals surface area (Å²) in [5.74, 6) is 0.776. The number of rotatable bonds is 3. The molecule has 0 bridgehead atoms. The smallest absolute Gasteiger partial charge is 0.216 e. The van der Waals surface area contributed by atoms with Gasteiger partial charge >= 0.3 is 0 Å². The van der Waals surface area contributed by atoms with Crippen molar-refractivity contribution >= 4 is 0 Å². The molecular formula is C9H15N3O2. The van der Waals surface area contributed by atoms with Gasteiger partial charge in [0.15, 0.2) is 0 Å². The van der Waals surface area contributed by atoms with Crippen LogP contribution in [0.5, 0.6) is 5.88 Å². The summed E-state index contributed by atoms with van der Waals surface area (Å²) in [5, 5.41) is 4.26. The zero-order chi connectivity index (χ0) is 10.1. The molecule has 0 aromatic carbocycles. The Balaban J connectivity index is 2.20.